The summed E-state index contributed by atoms with van der Waals surface area (Å²) in [4.78, 5) is 15.9. The number of nitrogens with one attached hydrogen (secondary N) is 2. The zero-order valence-electron chi connectivity index (χ0n) is 10.9. The van der Waals surface area contributed by atoms with Gasteiger partial charge in [-0.05, 0) is 31.4 Å². The molecule has 0 aromatic carbocycles. The van der Waals surface area contributed by atoms with Crippen molar-refractivity contribution in [3.05, 3.63) is 24.0 Å². The molecule has 4 nitrogen and oxygen atoms in total. The molecule has 0 saturated heterocycles. The minimum Gasteiger partial charge on any atom is -0.381 e. The van der Waals surface area contributed by atoms with Gasteiger partial charge in [0.05, 0.1) is 11.9 Å². The molecule has 0 bridgehead atoms. The SMILES string of the molecule is CCCCCNC(=O)c1ccc(NC2CC2)cn1. The van der Waals surface area contributed by atoms with Gasteiger partial charge in [0.2, 0.25) is 0 Å². The van der Waals surface area contributed by atoms with Crippen molar-refractivity contribution in [3.8, 4) is 0 Å². The molecular formula is C14H21N3O. The number of aromatic nitrogens is 1. The molecule has 2 N–H and O–H groups in total. The van der Waals surface area contributed by atoms with E-state index in [4.69, 9.17) is 0 Å². The molecular weight excluding hydrogens is 226 g/mol. The van der Waals surface area contributed by atoms with Crippen molar-refractivity contribution >= 4 is 11.6 Å². The predicted octanol–water partition coefficient (Wildman–Crippen LogP) is 2.58. The van der Waals surface area contributed by atoms with Crippen LogP contribution >= 0.6 is 0 Å². The molecule has 0 spiro atoms. The van der Waals surface area contributed by atoms with E-state index in [1.807, 2.05) is 6.07 Å². The van der Waals surface area contributed by atoms with Gasteiger partial charge in [0.25, 0.3) is 5.91 Å². The third kappa shape index (κ3) is 4.02. The minimum atomic E-state index is -0.0796. The second-order valence-electron chi connectivity index (χ2n) is 4.81. The third-order valence-corrected chi connectivity index (χ3v) is 3.01. The largest absolute Gasteiger partial charge is 0.381 e. The number of unbranched alkanes of at least 4 members (excludes halogenated alkanes) is 2. The van der Waals surface area contributed by atoms with Crippen LogP contribution in [0.2, 0.25) is 0 Å². The van der Waals surface area contributed by atoms with Gasteiger partial charge in [-0.25, -0.2) is 4.98 Å². The number of anilines is 1. The molecule has 98 valence electrons. The number of carbonyl (C=O) groups is 1. The van der Waals surface area contributed by atoms with Crippen LogP contribution in [0.15, 0.2) is 18.3 Å². The Balaban J connectivity index is 1.78. The van der Waals surface area contributed by atoms with Crippen LogP contribution in [0.1, 0.15) is 49.5 Å². The molecule has 18 heavy (non-hydrogen) atoms. The molecule has 2 rings (SSSR count). The van der Waals surface area contributed by atoms with Gasteiger partial charge in [-0.3, -0.25) is 4.79 Å². The van der Waals surface area contributed by atoms with Gasteiger partial charge in [0.1, 0.15) is 5.69 Å². The molecule has 1 aromatic rings. The number of amides is 1. The number of hydrogen-bond acceptors (Lipinski definition) is 3. The van der Waals surface area contributed by atoms with E-state index in [9.17, 15) is 4.79 Å². The van der Waals surface area contributed by atoms with E-state index in [2.05, 4.69) is 22.5 Å². The summed E-state index contributed by atoms with van der Waals surface area (Å²) < 4.78 is 0. The van der Waals surface area contributed by atoms with Crippen LogP contribution in [0.4, 0.5) is 5.69 Å². The molecule has 1 aromatic heterocycles. The summed E-state index contributed by atoms with van der Waals surface area (Å²) in [6.07, 6.45) is 7.55. The van der Waals surface area contributed by atoms with Gasteiger partial charge in [-0.15, -0.1) is 0 Å². The lowest BCUT2D eigenvalue weighted by Gasteiger charge is -2.06. The summed E-state index contributed by atoms with van der Waals surface area (Å²) in [7, 11) is 0. The van der Waals surface area contributed by atoms with Gasteiger partial charge < -0.3 is 10.6 Å². The van der Waals surface area contributed by atoms with E-state index < -0.39 is 0 Å². The average Bonchev–Trinajstić information content (AvgIpc) is 3.19. The van der Waals surface area contributed by atoms with Crippen molar-refractivity contribution in [1.29, 1.82) is 0 Å². The highest BCUT2D eigenvalue weighted by atomic mass is 16.1. The second-order valence-corrected chi connectivity index (χ2v) is 4.81. The van der Waals surface area contributed by atoms with Crippen LogP contribution in [0.25, 0.3) is 0 Å². The van der Waals surface area contributed by atoms with E-state index >= 15 is 0 Å². The molecule has 0 aliphatic heterocycles. The van der Waals surface area contributed by atoms with Gasteiger partial charge >= 0.3 is 0 Å². The molecule has 1 fully saturated rings. The second kappa shape index (κ2) is 6.38. The van der Waals surface area contributed by atoms with E-state index in [0.29, 0.717) is 11.7 Å². The standard InChI is InChI=1S/C14H21N3O/c1-2-3-4-9-15-14(18)13-8-7-12(10-16-13)17-11-5-6-11/h7-8,10-11,17H,2-6,9H2,1H3,(H,15,18). The van der Waals surface area contributed by atoms with E-state index in [1.165, 1.54) is 12.8 Å². The molecule has 0 unspecified atom stereocenters. The van der Waals surface area contributed by atoms with Gasteiger partial charge in [-0.1, -0.05) is 19.8 Å². The lowest BCUT2D eigenvalue weighted by Crippen LogP contribution is -2.25. The summed E-state index contributed by atoms with van der Waals surface area (Å²) in [5, 5.41) is 6.23. The summed E-state index contributed by atoms with van der Waals surface area (Å²) >= 11 is 0. The minimum absolute atomic E-state index is 0.0796. The highest BCUT2D eigenvalue weighted by Crippen LogP contribution is 2.24. The number of nitrogens with zero attached hydrogens (tertiary/aromatic N) is 1. The first-order chi connectivity index (χ1) is 8.79. The Labute approximate surface area is 108 Å². The summed E-state index contributed by atoms with van der Waals surface area (Å²) in [5.41, 5.74) is 1.49. The molecule has 4 heteroatoms. The first-order valence-corrected chi connectivity index (χ1v) is 6.80. The Morgan fingerprint density at radius 1 is 1.39 bits per heavy atom. The maximum atomic E-state index is 11.8. The highest BCUT2D eigenvalue weighted by Gasteiger charge is 2.20. The van der Waals surface area contributed by atoms with E-state index in [1.54, 1.807) is 12.3 Å². The Kier molecular flexibility index (Phi) is 4.56. The zero-order valence-corrected chi connectivity index (χ0v) is 10.9. The van der Waals surface area contributed by atoms with E-state index in [0.717, 1.165) is 31.5 Å². The van der Waals surface area contributed by atoms with Crippen molar-refractivity contribution in [2.24, 2.45) is 0 Å². The zero-order chi connectivity index (χ0) is 12.8. The average molecular weight is 247 g/mol. The fraction of sp³-hybridized carbons (Fsp3) is 0.571. The van der Waals surface area contributed by atoms with Gasteiger partial charge in [0, 0.05) is 12.6 Å². The van der Waals surface area contributed by atoms with Crippen LogP contribution in [-0.4, -0.2) is 23.5 Å². The van der Waals surface area contributed by atoms with Crippen molar-refractivity contribution < 1.29 is 4.79 Å². The number of hydrogen-bond donors (Lipinski definition) is 2. The maximum absolute atomic E-state index is 11.8. The molecule has 1 amide bonds. The van der Waals surface area contributed by atoms with E-state index in [-0.39, 0.29) is 5.91 Å². The first kappa shape index (κ1) is 12.9. The Morgan fingerprint density at radius 3 is 2.83 bits per heavy atom. The van der Waals surface area contributed by atoms with Gasteiger partial charge in [0.15, 0.2) is 0 Å². The van der Waals surface area contributed by atoms with Crippen LogP contribution in [0, 0.1) is 0 Å². The molecule has 1 saturated carbocycles. The van der Waals surface area contributed by atoms with Crippen molar-refractivity contribution in [2.45, 2.75) is 45.1 Å². The van der Waals surface area contributed by atoms with Crippen molar-refractivity contribution in [3.63, 3.8) is 0 Å². The Hall–Kier alpha value is -1.58. The molecule has 0 atom stereocenters. The number of rotatable bonds is 7. The molecule has 1 heterocycles. The van der Waals surface area contributed by atoms with Crippen LogP contribution in [0.3, 0.4) is 0 Å². The maximum Gasteiger partial charge on any atom is 0.269 e. The van der Waals surface area contributed by atoms with Gasteiger partial charge in [-0.2, -0.15) is 0 Å². The molecule has 0 radical (unpaired) electrons. The monoisotopic (exact) mass is 247 g/mol. The Bertz CT molecular complexity index is 385. The lowest BCUT2D eigenvalue weighted by molar-refractivity contribution is 0.0948. The van der Waals surface area contributed by atoms with Crippen molar-refractivity contribution in [2.75, 3.05) is 11.9 Å². The number of pyridine rings is 1. The van der Waals surface area contributed by atoms with Crippen LogP contribution in [-0.2, 0) is 0 Å². The topological polar surface area (TPSA) is 54.0 Å². The van der Waals surface area contributed by atoms with Crippen LogP contribution < -0.4 is 10.6 Å². The summed E-state index contributed by atoms with van der Waals surface area (Å²) in [6, 6.07) is 4.31. The quantitative estimate of drug-likeness (QED) is 0.728. The number of carbonyl (C=O) groups excluding carboxylic acids is 1. The van der Waals surface area contributed by atoms with Crippen LogP contribution in [0.5, 0.6) is 0 Å². The molecule has 1 aliphatic rings. The summed E-state index contributed by atoms with van der Waals surface area (Å²) in [6.45, 7) is 2.88. The summed E-state index contributed by atoms with van der Waals surface area (Å²) in [5.74, 6) is -0.0796. The predicted molar refractivity (Wildman–Crippen MR) is 72.7 cm³/mol. The Morgan fingerprint density at radius 2 is 2.22 bits per heavy atom. The third-order valence-electron chi connectivity index (χ3n) is 3.01. The molecule has 1 aliphatic carbocycles. The fourth-order valence-electron chi connectivity index (χ4n) is 1.74. The normalized spacial score (nSPS) is 14.3. The first-order valence-electron chi connectivity index (χ1n) is 6.80. The van der Waals surface area contributed by atoms with Crippen molar-refractivity contribution in [1.82, 2.24) is 10.3 Å². The smallest absolute Gasteiger partial charge is 0.269 e. The lowest BCUT2D eigenvalue weighted by atomic mass is 10.2. The highest BCUT2D eigenvalue weighted by molar-refractivity contribution is 5.92. The fourth-order valence-corrected chi connectivity index (χ4v) is 1.74.